The number of unbranched alkanes of at least 4 members (excludes halogenated alkanes) is 3. The highest BCUT2D eigenvalue weighted by Gasteiger charge is 2.03. The van der Waals surface area contributed by atoms with E-state index >= 15 is 0 Å². The van der Waals surface area contributed by atoms with Gasteiger partial charge in [0.05, 0.1) is 12.4 Å². The quantitative estimate of drug-likeness (QED) is 0.517. The summed E-state index contributed by atoms with van der Waals surface area (Å²) in [5.74, 6) is 0.0689. The topological polar surface area (TPSA) is 43.4 Å². The fourth-order valence-electron chi connectivity index (χ4n) is 1.60. The van der Waals surface area contributed by atoms with Crippen molar-refractivity contribution in [1.82, 2.24) is 0 Å². The molecule has 0 saturated carbocycles. The lowest BCUT2D eigenvalue weighted by molar-refractivity contribution is 0.117. The van der Waals surface area contributed by atoms with Crippen molar-refractivity contribution in [2.75, 3.05) is 12.4 Å². The summed E-state index contributed by atoms with van der Waals surface area (Å²) < 4.78 is 26.9. The Bertz CT molecular complexity index is 417. The largest absolute Gasteiger partial charge is 0.377 e. The summed E-state index contributed by atoms with van der Waals surface area (Å²) in [6, 6.07) is 10.0. The second kappa shape index (κ2) is 8.51. The summed E-state index contributed by atoms with van der Waals surface area (Å²) in [6.07, 6.45) is 3.43. The Labute approximate surface area is 114 Å². The van der Waals surface area contributed by atoms with Crippen molar-refractivity contribution < 1.29 is 13.2 Å². The van der Waals surface area contributed by atoms with Gasteiger partial charge in [-0.05, 0) is 18.4 Å². The van der Waals surface area contributed by atoms with E-state index in [0.717, 1.165) is 19.3 Å². The zero-order valence-electron chi connectivity index (χ0n) is 10.3. The first-order chi connectivity index (χ1) is 8.58. The molecule has 1 aromatic rings. The van der Waals surface area contributed by atoms with Crippen LogP contribution in [0.25, 0.3) is 0 Å². The lowest BCUT2D eigenvalue weighted by Gasteiger charge is -2.04. The van der Waals surface area contributed by atoms with Crippen LogP contribution in [0.4, 0.5) is 0 Å². The van der Waals surface area contributed by atoms with Crippen LogP contribution in [0.2, 0.25) is 0 Å². The number of benzene rings is 1. The lowest BCUT2D eigenvalue weighted by Crippen LogP contribution is -1.98. The van der Waals surface area contributed by atoms with Gasteiger partial charge in [0.15, 0.2) is 0 Å². The van der Waals surface area contributed by atoms with E-state index < -0.39 is 9.05 Å². The molecule has 0 heterocycles. The Morgan fingerprint density at radius 3 is 2.33 bits per heavy atom. The first kappa shape index (κ1) is 15.5. The molecule has 102 valence electrons. The molecule has 0 spiro atoms. The van der Waals surface area contributed by atoms with Gasteiger partial charge in [0, 0.05) is 17.3 Å². The van der Waals surface area contributed by atoms with Crippen molar-refractivity contribution in [2.24, 2.45) is 0 Å². The van der Waals surface area contributed by atoms with E-state index in [1.807, 2.05) is 30.3 Å². The first-order valence-corrected chi connectivity index (χ1v) is 8.60. The van der Waals surface area contributed by atoms with Crippen LogP contribution in [-0.4, -0.2) is 20.8 Å². The fourth-order valence-corrected chi connectivity index (χ4v) is 2.47. The fraction of sp³-hybridized carbons (Fsp3) is 0.538. The Morgan fingerprint density at radius 2 is 1.67 bits per heavy atom. The van der Waals surface area contributed by atoms with E-state index in [9.17, 15) is 8.42 Å². The molecule has 0 aliphatic rings. The van der Waals surface area contributed by atoms with E-state index in [2.05, 4.69) is 0 Å². The molecule has 3 nitrogen and oxygen atoms in total. The molecule has 0 fully saturated rings. The maximum Gasteiger partial charge on any atom is 0.232 e. The molecular formula is C13H19ClO3S. The Morgan fingerprint density at radius 1 is 1.00 bits per heavy atom. The molecule has 0 radical (unpaired) electrons. The molecule has 0 unspecified atom stereocenters. The molecule has 5 heteroatoms. The van der Waals surface area contributed by atoms with Crippen LogP contribution in [-0.2, 0) is 20.4 Å². The average molecular weight is 291 g/mol. The molecule has 0 aromatic heterocycles. The molecule has 0 saturated heterocycles. The third-order valence-corrected chi connectivity index (χ3v) is 3.78. The second-order valence-corrected chi connectivity index (χ2v) is 7.09. The normalized spacial score (nSPS) is 11.6. The van der Waals surface area contributed by atoms with Crippen molar-refractivity contribution in [3.63, 3.8) is 0 Å². The predicted octanol–water partition coefficient (Wildman–Crippen LogP) is 3.33. The number of hydrogen-bond donors (Lipinski definition) is 0. The standard InChI is InChI=1S/C13H19ClO3S/c14-18(15,16)11-7-2-1-6-10-17-12-13-8-4-3-5-9-13/h3-5,8-9H,1-2,6-7,10-12H2. The number of hydrogen-bond acceptors (Lipinski definition) is 3. The van der Waals surface area contributed by atoms with Crippen molar-refractivity contribution in [2.45, 2.75) is 32.3 Å². The van der Waals surface area contributed by atoms with Crippen LogP contribution < -0.4 is 0 Å². The van der Waals surface area contributed by atoms with Gasteiger partial charge in [0.1, 0.15) is 0 Å². The van der Waals surface area contributed by atoms with Gasteiger partial charge in [0.25, 0.3) is 0 Å². The molecule has 1 aromatic carbocycles. The van der Waals surface area contributed by atoms with Crippen LogP contribution in [0.1, 0.15) is 31.2 Å². The van der Waals surface area contributed by atoms with Crippen molar-refractivity contribution >= 4 is 19.7 Å². The van der Waals surface area contributed by atoms with Gasteiger partial charge in [-0.2, -0.15) is 0 Å². The molecule has 0 aliphatic carbocycles. The van der Waals surface area contributed by atoms with Gasteiger partial charge in [-0.1, -0.05) is 43.2 Å². The highest BCUT2D eigenvalue weighted by Crippen LogP contribution is 2.06. The Kier molecular flexibility index (Phi) is 7.32. The Balaban J connectivity index is 1.93. The molecule has 0 N–H and O–H groups in total. The summed E-state index contributed by atoms with van der Waals surface area (Å²) in [7, 11) is 1.79. The van der Waals surface area contributed by atoms with Crippen molar-refractivity contribution in [3.8, 4) is 0 Å². The van der Waals surface area contributed by atoms with Crippen molar-refractivity contribution in [1.29, 1.82) is 0 Å². The zero-order chi connectivity index (χ0) is 13.3. The maximum absolute atomic E-state index is 10.7. The summed E-state index contributed by atoms with van der Waals surface area (Å²) >= 11 is 0. The number of halogens is 1. The van der Waals surface area contributed by atoms with Crippen LogP contribution in [0.3, 0.4) is 0 Å². The van der Waals surface area contributed by atoms with Gasteiger partial charge in [-0.3, -0.25) is 0 Å². The smallest absolute Gasteiger partial charge is 0.232 e. The number of ether oxygens (including phenoxy) is 1. The zero-order valence-corrected chi connectivity index (χ0v) is 11.9. The average Bonchev–Trinajstić information content (AvgIpc) is 2.32. The molecular weight excluding hydrogens is 272 g/mol. The van der Waals surface area contributed by atoms with E-state index in [0.29, 0.717) is 19.6 Å². The lowest BCUT2D eigenvalue weighted by atomic mass is 10.2. The van der Waals surface area contributed by atoms with E-state index in [-0.39, 0.29) is 5.75 Å². The van der Waals surface area contributed by atoms with Crippen LogP contribution in [0, 0.1) is 0 Å². The molecule has 0 aliphatic heterocycles. The number of rotatable bonds is 9. The van der Waals surface area contributed by atoms with Gasteiger partial charge in [-0.25, -0.2) is 8.42 Å². The van der Waals surface area contributed by atoms with Crippen LogP contribution >= 0.6 is 10.7 Å². The highest BCUT2D eigenvalue weighted by molar-refractivity contribution is 8.13. The third kappa shape index (κ3) is 8.50. The molecule has 1 rings (SSSR count). The first-order valence-electron chi connectivity index (χ1n) is 6.12. The highest BCUT2D eigenvalue weighted by atomic mass is 35.7. The maximum atomic E-state index is 10.7. The van der Waals surface area contributed by atoms with E-state index in [1.165, 1.54) is 5.56 Å². The van der Waals surface area contributed by atoms with E-state index in [1.54, 1.807) is 0 Å². The summed E-state index contributed by atoms with van der Waals surface area (Å²) in [4.78, 5) is 0. The minimum Gasteiger partial charge on any atom is -0.377 e. The molecule has 0 amide bonds. The summed E-state index contributed by atoms with van der Waals surface area (Å²) in [6.45, 7) is 1.35. The third-order valence-electron chi connectivity index (χ3n) is 2.54. The minimum absolute atomic E-state index is 0.0689. The molecule has 0 bridgehead atoms. The second-order valence-electron chi connectivity index (χ2n) is 4.20. The minimum atomic E-state index is -3.32. The summed E-state index contributed by atoms with van der Waals surface area (Å²) in [5.41, 5.74) is 1.17. The van der Waals surface area contributed by atoms with Crippen molar-refractivity contribution in [3.05, 3.63) is 35.9 Å². The van der Waals surface area contributed by atoms with Gasteiger partial charge in [-0.15, -0.1) is 0 Å². The van der Waals surface area contributed by atoms with Crippen LogP contribution in [0.15, 0.2) is 30.3 Å². The predicted molar refractivity (Wildman–Crippen MR) is 74.2 cm³/mol. The SMILES string of the molecule is O=S(=O)(Cl)CCCCCCOCc1ccccc1. The monoisotopic (exact) mass is 290 g/mol. The van der Waals surface area contributed by atoms with Gasteiger partial charge in [0.2, 0.25) is 9.05 Å². The molecule has 18 heavy (non-hydrogen) atoms. The van der Waals surface area contributed by atoms with Gasteiger partial charge >= 0.3 is 0 Å². The van der Waals surface area contributed by atoms with Gasteiger partial charge < -0.3 is 4.74 Å². The van der Waals surface area contributed by atoms with E-state index in [4.69, 9.17) is 15.4 Å². The van der Waals surface area contributed by atoms with Crippen LogP contribution in [0.5, 0.6) is 0 Å². The molecule has 0 atom stereocenters. The summed E-state index contributed by atoms with van der Waals surface area (Å²) in [5, 5.41) is 0. The Hall–Kier alpha value is -0.580.